The number of hydrogen-bond acceptors (Lipinski definition) is 7. The number of benzene rings is 3. The van der Waals surface area contributed by atoms with Crippen LogP contribution in [-0.4, -0.2) is 34.7 Å². The first kappa shape index (κ1) is 29.3. The van der Waals surface area contributed by atoms with Crippen molar-refractivity contribution < 1.29 is 32.6 Å². The molecule has 212 valence electrons. The molecule has 4 rings (SSSR count). The average molecular weight is 580 g/mol. The van der Waals surface area contributed by atoms with Crippen LogP contribution in [0.25, 0.3) is 10.9 Å². The van der Waals surface area contributed by atoms with Gasteiger partial charge in [0.05, 0.1) is 19.0 Å². The number of rotatable bonds is 7. The molecule has 11 heteroatoms. The Morgan fingerprint density at radius 1 is 0.951 bits per heavy atom. The molecule has 8 nitrogen and oxygen atoms in total. The molecule has 0 unspecified atom stereocenters. The number of hydrogen-bond donors (Lipinski definition) is 2. The molecule has 0 atom stereocenters. The highest BCUT2D eigenvalue weighted by atomic mass is 32.1. The first-order chi connectivity index (χ1) is 19.4. The van der Waals surface area contributed by atoms with Crippen molar-refractivity contribution in [2.24, 2.45) is 0 Å². The van der Waals surface area contributed by atoms with E-state index in [2.05, 4.69) is 15.6 Å². The molecule has 4 aromatic rings. The monoisotopic (exact) mass is 579 g/mol. The zero-order valence-corrected chi connectivity index (χ0v) is 23.5. The van der Waals surface area contributed by atoms with Gasteiger partial charge in [0, 0.05) is 29.4 Å². The van der Waals surface area contributed by atoms with Gasteiger partial charge < -0.3 is 24.8 Å². The van der Waals surface area contributed by atoms with Gasteiger partial charge in [-0.15, -0.1) is 0 Å². The van der Waals surface area contributed by atoms with E-state index in [-0.39, 0.29) is 40.0 Å². The lowest BCUT2D eigenvalue weighted by Crippen LogP contribution is -2.35. The van der Waals surface area contributed by atoms with Crippen LogP contribution in [0.5, 0.6) is 17.2 Å². The molecule has 1 aromatic heterocycles. The Labute approximate surface area is 240 Å². The van der Waals surface area contributed by atoms with Gasteiger partial charge in [-0.2, -0.15) is 0 Å². The van der Waals surface area contributed by atoms with Crippen molar-refractivity contribution in [3.05, 3.63) is 89.6 Å². The summed E-state index contributed by atoms with van der Waals surface area (Å²) in [7, 11) is 1.43. The van der Waals surface area contributed by atoms with E-state index in [1.54, 1.807) is 32.9 Å². The minimum atomic E-state index is -0.724. The number of anilines is 1. The quantitative estimate of drug-likeness (QED) is 0.194. The van der Waals surface area contributed by atoms with Crippen molar-refractivity contribution in [2.45, 2.75) is 32.8 Å². The van der Waals surface area contributed by atoms with E-state index in [4.69, 9.17) is 26.4 Å². The van der Waals surface area contributed by atoms with E-state index in [0.717, 1.165) is 6.07 Å². The van der Waals surface area contributed by atoms with E-state index in [0.29, 0.717) is 16.5 Å². The predicted molar refractivity (Wildman–Crippen MR) is 154 cm³/mol. The van der Waals surface area contributed by atoms with Gasteiger partial charge in [-0.25, -0.2) is 13.6 Å². The Balaban J connectivity index is 1.49. The fraction of sp³-hybridized carbons (Fsp3) is 0.200. The summed E-state index contributed by atoms with van der Waals surface area (Å²) in [4.78, 5) is 29.4. The SMILES string of the molecule is COc1cc2nccc(Oc3ccc(NC(=S)NC(=O)Cc4ccc(F)cc4)cc3F)c2cc1C(=O)OC(C)(C)C. The Hall–Kier alpha value is -4.64. The number of methoxy groups -OCH3 is 1. The van der Waals surface area contributed by atoms with Crippen LogP contribution >= 0.6 is 12.2 Å². The minimum Gasteiger partial charge on any atom is -0.496 e. The summed E-state index contributed by atoms with van der Waals surface area (Å²) >= 11 is 5.16. The smallest absolute Gasteiger partial charge is 0.342 e. The number of pyridine rings is 1. The van der Waals surface area contributed by atoms with Gasteiger partial charge in [0.25, 0.3) is 0 Å². The third-order valence-electron chi connectivity index (χ3n) is 5.58. The molecular formula is C30H27F2N3O5S. The highest BCUT2D eigenvalue weighted by molar-refractivity contribution is 7.80. The van der Waals surface area contributed by atoms with Gasteiger partial charge >= 0.3 is 5.97 Å². The maximum absolute atomic E-state index is 15.0. The van der Waals surface area contributed by atoms with Crippen LogP contribution < -0.4 is 20.1 Å². The summed E-state index contributed by atoms with van der Waals surface area (Å²) in [5.41, 5.74) is 0.797. The number of halogens is 2. The fourth-order valence-corrected chi connectivity index (χ4v) is 4.03. The van der Waals surface area contributed by atoms with Crippen molar-refractivity contribution >= 4 is 45.8 Å². The first-order valence-corrected chi connectivity index (χ1v) is 12.9. The predicted octanol–water partition coefficient (Wildman–Crippen LogP) is 6.32. The third kappa shape index (κ3) is 7.73. The van der Waals surface area contributed by atoms with Crippen molar-refractivity contribution in [1.82, 2.24) is 10.3 Å². The lowest BCUT2D eigenvalue weighted by molar-refractivity contribution is -0.119. The van der Waals surface area contributed by atoms with E-state index < -0.39 is 29.1 Å². The van der Waals surface area contributed by atoms with Crippen molar-refractivity contribution in [1.29, 1.82) is 0 Å². The van der Waals surface area contributed by atoms with E-state index >= 15 is 4.39 Å². The Morgan fingerprint density at radius 3 is 2.34 bits per heavy atom. The summed E-state index contributed by atoms with van der Waals surface area (Å²) in [6.45, 7) is 5.26. The van der Waals surface area contributed by atoms with Crippen LogP contribution in [0.3, 0.4) is 0 Å². The first-order valence-electron chi connectivity index (χ1n) is 12.4. The second kappa shape index (κ2) is 12.3. The van der Waals surface area contributed by atoms with Gasteiger partial charge in [0.15, 0.2) is 16.7 Å². The van der Waals surface area contributed by atoms with Crippen molar-refractivity contribution in [3.8, 4) is 17.2 Å². The van der Waals surface area contributed by atoms with E-state index in [9.17, 15) is 14.0 Å². The number of amides is 1. The average Bonchev–Trinajstić information content (AvgIpc) is 2.89. The standard InChI is InChI=1S/C30H27F2N3O5S/c1-30(2,3)40-28(37)21-15-20-23(16-26(21)38-4)33-12-11-24(20)39-25-10-9-19(14-22(25)32)34-29(41)35-27(36)13-17-5-7-18(31)8-6-17/h5-12,14-16H,13H2,1-4H3,(H2,34,35,36,41). The maximum atomic E-state index is 15.0. The number of aromatic nitrogens is 1. The van der Waals surface area contributed by atoms with Crippen LogP contribution in [0, 0.1) is 11.6 Å². The Bertz CT molecular complexity index is 1620. The van der Waals surface area contributed by atoms with Gasteiger partial charge in [-0.1, -0.05) is 12.1 Å². The van der Waals surface area contributed by atoms with E-state index in [1.165, 1.54) is 55.8 Å². The van der Waals surface area contributed by atoms with Crippen LogP contribution in [0.4, 0.5) is 14.5 Å². The molecule has 0 spiro atoms. The Kier molecular flexibility index (Phi) is 8.77. The molecule has 3 aromatic carbocycles. The number of fused-ring (bicyclic) bond motifs is 1. The topological polar surface area (TPSA) is 98.8 Å². The van der Waals surface area contributed by atoms with E-state index in [1.807, 2.05) is 0 Å². The molecule has 0 fully saturated rings. The number of ether oxygens (including phenoxy) is 3. The zero-order chi connectivity index (χ0) is 29.7. The number of nitrogens with zero attached hydrogens (tertiary/aromatic N) is 1. The number of carbonyl (C=O) groups is 2. The molecule has 1 heterocycles. The largest absolute Gasteiger partial charge is 0.496 e. The Morgan fingerprint density at radius 2 is 1.68 bits per heavy atom. The summed E-state index contributed by atoms with van der Waals surface area (Å²) in [6.07, 6.45) is 1.48. The molecule has 41 heavy (non-hydrogen) atoms. The molecule has 0 aliphatic rings. The maximum Gasteiger partial charge on any atom is 0.342 e. The summed E-state index contributed by atoms with van der Waals surface area (Å²) in [5, 5.41) is 5.66. The summed E-state index contributed by atoms with van der Waals surface area (Å²) in [5.74, 6) is -1.67. The molecule has 1 amide bonds. The van der Waals surface area contributed by atoms with Gasteiger partial charge in [0.2, 0.25) is 5.91 Å². The normalized spacial score (nSPS) is 11.1. The molecular weight excluding hydrogens is 552 g/mol. The lowest BCUT2D eigenvalue weighted by atomic mass is 10.1. The highest BCUT2D eigenvalue weighted by Gasteiger charge is 2.23. The zero-order valence-electron chi connectivity index (χ0n) is 22.7. The van der Waals surface area contributed by atoms with Crippen LogP contribution in [0.15, 0.2) is 66.9 Å². The van der Waals surface area contributed by atoms with Crippen LogP contribution in [0.1, 0.15) is 36.7 Å². The molecule has 2 N–H and O–H groups in total. The van der Waals surface area contributed by atoms with Crippen LogP contribution in [-0.2, 0) is 16.0 Å². The lowest BCUT2D eigenvalue weighted by Gasteiger charge is -2.20. The highest BCUT2D eigenvalue weighted by Crippen LogP contribution is 2.35. The molecule has 0 bridgehead atoms. The van der Waals surface area contributed by atoms with Crippen molar-refractivity contribution in [2.75, 3.05) is 12.4 Å². The second-order valence-electron chi connectivity index (χ2n) is 9.93. The third-order valence-corrected chi connectivity index (χ3v) is 5.79. The number of thiocarbonyl (C=S) groups is 1. The molecule has 0 aliphatic heterocycles. The van der Waals surface area contributed by atoms with Gasteiger partial charge in [0.1, 0.15) is 28.5 Å². The van der Waals surface area contributed by atoms with Gasteiger partial charge in [-0.05, 0) is 75.0 Å². The summed E-state index contributed by atoms with van der Waals surface area (Å²) in [6, 6.07) is 14.3. The molecule has 0 aliphatic carbocycles. The van der Waals surface area contributed by atoms with Gasteiger partial charge in [-0.3, -0.25) is 9.78 Å². The summed E-state index contributed by atoms with van der Waals surface area (Å²) < 4.78 is 44.8. The number of esters is 1. The van der Waals surface area contributed by atoms with Crippen molar-refractivity contribution in [3.63, 3.8) is 0 Å². The minimum absolute atomic E-state index is 0.00928. The van der Waals surface area contributed by atoms with Crippen LogP contribution in [0.2, 0.25) is 0 Å². The molecule has 0 radical (unpaired) electrons. The fourth-order valence-electron chi connectivity index (χ4n) is 3.80. The molecule has 0 saturated heterocycles. The number of carbonyl (C=O) groups excluding carboxylic acids is 2. The second-order valence-corrected chi connectivity index (χ2v) is 10.3. The molecule has 0 saturated carbocycles. The number of nitrogens with one attached hydrogen (secondary N) is 2.